The molecule has 0 amide bonds. The first-order valence-corrected chi connectivity index (χ1v) is 23.4. The molecule has 1 unspecified atom stereocenters. The van der Waals surface area contributed by atoms with Crippen molar-refractivity contribution in [2.45, 2.75) is 58.8 Å². The van der Waals surface area contributed by atoms with Gasteiger partial charge in [-0.2, -0.15) is 0 Å². The average molecular weight is 851 g/mol. The summed E-state index contributed by atoms with van der Waals surface area (Å²) in [7, 11) is 0. The lowest BCUT2D eigenvalue weighted by Gasteiger charge is -2.36. The van der Waals surface area contributed by atoms with Crippen LogP contribution in [-0.2, 0) is 10.8 Å². The number of hydrogen-bond acceptors (Lipinski definition) is 2. The van der Waals surface area contributed by atoms with Gasteiger partial charge in [-0.05, 0) is 137 Å². The monoisotopic (exact) mass is 850 g/mol. The molecule has 9 aromatic rings. The van der Waals surface area contributed by atoms with E-state index in [1.54, 1.807) is 0 Å². The molecule has 3 aliphatic rings. The molecule has 0 spiro atoms. The van der Waals surface area contributed by atoms with Gasteiger partial charge in [0.2, 0.25) is 0 Å². The van der Waals surface area contributed by atoms with Gasteiger partial charge in [0.1, 0.15) is 0 Å². The van der Waals surface area contributed by atoms with Crippen LogP contribution in [-0.4, -0.2) is 4.98 Å². The standard InChI is InChI=1S/C57H46N2.C7H8/c1-36-17-12-14-23-43(36)44-31-32-57(5)50-34-40(28-30-52(50)59(55(57)37(44)2)42-21-10-7-11-22-42)39-27-29-46-49(33-39)56(3,4)48-26-16-25-47(53(46)48)51-35-41-20-13-15-24-45(41)54(58-51)38-18-8-6-9-19-38;1-7-5-3-2-4-6-7/h6-31,33-35H,32H2,1-5H3;2-6H,1H3. The van der Waals surface area contributed by atoms with Crippen LogP contribution in [0.4, 0.5) is 11.4 Å². The molecule has 12 rings (SSSR count). The van der Waals surface area contributed by atoms with Gasteiger partial charge in [0.05, 0.1) is 17.1 Å². The zero-order valence-corrected chi connectivity index (χ0v) is 38.7. The first-order valence-electron chi connectivity index (χ1n) is 23.4. The number of anilines is 2. The number of aromatic nitrogens is 1. The van der Waals surface area contributed by atoms with Gasteiger partial charge in [0, 0.05) is 38.7 Å². The van der Waals surface area contributed by atoms with Crippen LogP contribution in [0.1, 0.15) is 67.5 Å². The van der Waals surface area contributed by atoms with Crippen LogP contribution in [0.25, 0.3) is 61.1 Å². The summed E-state index contributed by atoms with van der Waals surface area (Å²) >= 11 is 0. The number of benzene rings is 8. The Hall–Kier alpha value is -7.55. The van der Waals surface area contributed by atoms with Crippen molar-refractivity contribution in [2.75, 3.05) is 4.90 Å². The number of pyridine rings is 1. The number of fused-ring (bicyclic) bond motifs is 7. The summed E-state index contributed by atoms with van der Waals surface area (Å²) in [4.78, 5) is 7.96. The Morgan fingerprint density at radius 1 is 0.500 bits per heavy atom. The van der Waals surface area contributed by atoms with E-state index in [0.717, 1.165) is 23.4 Å². The third-order valence-electron chi connectivity index (χ3n) is 14.5. The third-order valence-corrected chi connectivity index (χ3v) is 14.5. The Kier molecular flexibility index (Phi) is 10.1. The van der Waals surface area contributed by atoms with Crippen LogP contribution in [0.15, 0.2) is 218 Å². The summed E-state index contributed by atoms with van der Waals surface area (Å²) < 4.78 is 0. The minimum absolute atomic E-state index is 0.177. The van der Waals surface area contributed by atoms with Crippen molar-refractivity contribution >= 4 is 27.7 Å². The molecule has 1 aliphatic heterocycles. The molecule has 0 fully saturated rings. The van der Waals surface area contributed by atoms with Crippen LogP contribution in [0, 0.1) is 13.8 Å². The average Bonchev–Trinajstić information content (AvgIpc) is 3.76. The largest absolute Gasteiger partial charge is 0.313 e. The summed E-state index contributed by atoms with van der Waals surface area (Å²) in [6.07, 6.45) is 3.43. The van der Waals surface area contributed by atoms with E-state index < -0.39 is 0 Å². The molecule has 1 atom stereocenters. The topological polar surface area (TPSA) is 16.1 Å². The number of rotatable bonds is 5. The molecule has 0 bridgehead atoms. The van der Waals surface area contributed by atoms with Crippen LogP contribution in [0.2, 0.25) is 0 Å². The van der Waals surface area contributed by atoms with E-state index in [4.69, 9.17) is 4.98 Å². The zero-order valence-electron chi connectivity index (χ0n) is 38.7. The molecular weight excluding hydrogens is 797 g/mol. The molecule has 2 heteroatoms. The van der Waals surface area contributed by atoms with E-state index in [2.05, 4.69) is 235 Å². The van der Waals surface area contributed by atoms with E-state index in [9.17, 15) is 0 Å². The molecule has 0 N–H and O–H groups in total. The number of aryl methyl sites for hydroxylation is 2. The molecule has 8 aromatic carbocycles. The van der Waals surface area contributed by atoms with E-state index in [0.29, 0.717) is 0 Å². The molecule has 2 nitrogen and oxygen atoms in total. The lowest BCUT2D eigenvalue weighted by Crippen LogP contribution is -2.29. The van der Waals surface area contributed by atoms with E-state index >= 15 is 0 Å². The fourth-order valence-corrected chi connectivity index (χ4v) is 11.1. The van der Waals surface area contributed by atoms with Crippen molar-refractivity contribution in [1.82, 2.24) is 4.98 Å². The molecule has 2 heterocycles. The second kappa shape index (κ2) is 16.2. The van der Waals surface area contributed by atoms with Gasteiger partial charge in [-0.15, -0.1) is 0 Å². The lowest BCUT2D eigenvalue weighted by molar-refractivity contribution is 0.573. The SMILES string of the molecule is CC1=C2N(c3ccccc3)c3ccc(-c4ccc5c(c4)C(C)(C)c4cccc(-c6cc7ccccc7c(-c7ccccc7)n6)c4-5)cc3C2(C)CC=C1c1ccccc1C.Cc1ccccc1. The third kappa shape index (κ3) is 6.74. The Morgan fingerprint density at radius 2 is 1.14 bits per heavy atom. The Bertz CT molecular complexity index is 3390. The van der Waals surface area contributed by atoms with Gasteiger partial charge in [-0.3, -0.25) is 0 Å². The van der Waals surface area contributed by atoms with Crippen LogP contribution in [0.5, 0.6) is 0 Å². The van der Waals surface area contributed by atoms with Gasteiger partial charge >= 0.3 is 0 Å². The lowest BCUT2D eigenvalue weighted by atomic mass is 9.71. The van der Waals surface area contributed by atoms with Crippen LogP contribution >= 0.6 is 0 Å². The smallest absolute Gasteiger partial charge is 0.0787 e. The normalized spacial score (nSPS) is 16.5. The van der Waals surface area contributed by atoms with E-state index in [1.807, 2.05) is 18.2 Å². The van der Waals surface area contributed by atoms with Gasteiger partial charge in [0.25, 0.3) is 0 Å². The maximum Gasteiger partial charge on any atom is 0.0787 e. The number of nitrogens with zero attached hydrogens (tertiary/aromatic N) is 2. The highest BCUT2D eigenvalue weighted by Crippen LogP contribution is 2.59. The van der Waals surface area contributed by atoms with Crippen molar-refractivity contribution in [2.24, 2.45) is 0 Å². The van der Waals surface area contributed by atoms with Crippen LogP contribution in [0.3, 0.4) is 0 Å². The Labute approximate surface area is 390 Å². The minimum Gasteiger partial charge on any atom is -0.313 e. The molecule has 0 saturated carbocycles. The minimum atomic E-state index is -0.185. The van der Waals surface area contributed by atoms with Crippen LogP contribution < -0.4 is 4.90 Å². The fraction of sp³-hybridized carbons (Fsp3) is 0.141. The Balaban J connectivity index is 0.000000632. The van der Waals surface area contributed by atoms with Crippen molar-refractivity contribution in [3.63, 3.8) is 0 Å². The predicted molar refractivity (Wildman–Crippen MR) is 279 cm³/mol. The highest BCUT2D eigenvalue weighted by molar-refractivity contribution is 6.00. The van der Waals surface area contributed by atoms with Gasteiger partial charge in [-0.1, -0.05) is 189 Å². The quantitative estimate of drug-likeness (QED) is 0.171. The predicted octanol–water partition coefficient (Wildman–Crippen LogP) is 17.0. The number of hydrogen-bond donors (Lipinski definition) is 0. The van der Waals surface area contributed by atoms with Gasteiger partial charge in [-0.25, -0.2) is 4.98 Å². The molecule has 1 aromatic heterocycles. The molecular formula is C64H54N2. The summed E-state index contributed by atoms with van der Waals surface area (Å²) in [5.41, 5.74) is 23.7. The first-order chi connectivity index (χ1) is 32.1. The molecule has 66 heavy (non-hydrogen) atoms. The summed E-state index contributed by atoms with van der Waals surface area (Å²) in [5.74, 6) is 0. The second-order valence-electron chi connectivity index (χ2n) is 19.1. The molecule has 0 radical (unpaired) electrons. The molecule has 320 valence electrons. The Morgan fingerprint density at radius 3 is 1.86 bits per heavy atom. The maximum atomic E-state index is 5.43. The van der Waals surface area contributed by atoms with Gasteiger partial charge < -0.3 is 4.90 Å². The number of para-hydroxylation sites is 1. The second-order valence-corrected chi connectivity index (χ2v) is 19.1. The molecule has 0 saturated heterocycles. The summed E-state index contributed by atoms with van der Waals surface area (Å²) in [6, 6.07) is 72.7. The fourth-order valence-electron chi connectivity index (χ4n) is 11.1. The van der Waals surface area contributed by atoms with Gasteiger partial charge in [0.15, 0.2) is 0 Å². The number of allylic oxidation sites excluding steroid dienone is 4. The van der Waals surface area contributed by atoms with E-state index in [-0.39, 0.29) is 10.8 Å². The highest BCUT2D eigenvalue weighted by Gasteiger charge is 2.47. The molecule has 2 aliphatic carbocycles. The first kappa shape index (κ1) is 41.2. The maximum absolute atomic E-state index is 5.43. The summed E-state index contributed by atoms with van der Waals surface area (Å²) in [5, 5.41) is 2.37. The zero-order chi connectivity index (χ0) is 45.2. The van der Waals surface area contributed by atoms with Crippen molar-refractivity contribution in [3.8, 4) is 44.8 Å². The summed E-state index contributed by atoms with van der Waals surface area (Å²) in [6.45, 7) is 13.9. The highest BCUT2D eigenvalue weighted by atomic mass is 15.2. The van der Waals surface area contributed by atoms with Crippen molar-refractivity contribution in [1.29, 1.82) is 0 Å². The van der Waals surface area contributed by atoms with E-state index in [1.165, 1.54) is 100 Å². The van der Waals surface area contributed by atoms with Crippen molar-refractivity contribution in [3.05, 3.63) is 251 Å². The van der Waals surface area contributed by atoms with Crippen molar-refractivity contribution < 1.29 is 0 Å².